The number of nitrogens with zero attached hydrogens (tertiary/aromatic N) is 1. The molecule has 0 aromatic heterocycles. The maximum atomic E-state index is 5.95. The summed E-state index contributed by atoms with van der Waals surface area (Å²) in [6.45, 7) is 6.04. The van der Waals surface area contributed by atoms with Crippen LogP contribution < -0.4 is 5.73 Å². The minimum atomic E-state index is 0.480. The number of rotatable bonds is 1. The van der Waals surface area contributed by atoms with Crippen molar-refractivity contribution in [2.24, 2.45) is 11.7 Å². The molecule has 4 unspecified atom stereocenters. The van der Waals surface area contributed by atoms with Crippen molar-refractivity contribution in [2.45, 2.75) is 57.7 Å². The van der Waals surface area contributed by atoms with Crippen LogP contribution in [0.1, 0.15) is 39.5 Å². The van der Waals surface area contributed by atoms with Crippen LogP contribution in [0, 0.1) is 5.92 Å². The first-order valence-corrected chi connectivity index (χ1v) is 5.68. The second-order valence-corrected chi connectivity index (χ2v) is 5.11. The van der Waals surface area contributed by atoms with Gasteiger partial charge < -0.3 is 5.73 Å². The van der Waals surface area contributed by atoms with Crippen molar-refractivity contribution in [3.05, 3.63) is 0 Å². The molecule has 0 amide bonds. The maximum absolute atomic E-state index is 5.95. The first-order valence-electron chi connectivity index (χ1n) is 5.68. The van der Waals surface area contributed by atoms with E-state index in [4.69, 9.17) is 5.73 Å². The molecule has 0 spiro atoms. The summed E-state index contributed by atoms with van der Waals surface area (Å²) >= 11 is 0. The highest BCUT2D eigenvalue weighted by Crippen LogP contribution is 2.31. The first-order chi connectivity index (χ1) is 6.16. The Morgan fingerprint density at radius 2 is 1.92 bits per heavy atom. The molecule has 1 aliphatic carbocycles. The van der Waals surface area contributed by atoms with Gasteiger partial charge in [-0.05, 0) is 38.5 Å². The molecule has 0 aromatic rings. The van der Waals surface area contributed by atoms with Gasteiger partial charge in [0, 0.05) is 24.7 Å². The highest BCUT2D eigenvalue weighted by atomic mass is 15.2. The van der Waals surface area contributed by atoms with Gasteiger partial charge in [-0.25, -0.2) is 0 Å². The molecule has 76 valence electrons. The van der Waals surface area contributed by atoms with Gasteiger partial charge in [0.2, 0.25) is 0 Å². The minimum absolute atomic E-state index is 0.480. The molecule has 0 radical (unpaired) electrons. The molecular weight excluding hydrogens is 160 g/mol. The smallest absolute Gasteiger partial charge is 0.0113 e. The summed E-state index contributed by atoms with van der Waals surface area (Å²) < 4.78 is 0. The van der Waals surface area contributed by atoms with Gasteiger partial charge >= 0.3 is 0 Å². The molecule has 4 atom stereocenters. The Labute approximate surface area is 81.5 Å². The van der Waals surface area contributed by atoms with E-state index in [-0.39, 0.29) is 0 Å². The summed E-state index contributed by atoms with van der Waals surface area (Å²) in [7, 11) is 0. The van der Waals surface area contributed by atoms with E-state index < -0.39 is 0 Å². The monoisotopic (exact) mass is 182 g/mol. The lowest BCUT2D eigenvalue weighted by molar-refractivity contribution is 0.188. The van der Waals surface area contributed by atoms with Crippen molar-refractivity contribution >= 4 is 0 Å². The Balaban J connectivity index is 1.93. The zero-order valence-corrected chi connectivity index (χ0v) is 8.87. The van der Waals surface area contributed by atoms with Gasteiger partial charge in [-0.15, -0.1) is 0 Å². The summed E-state index contributed by atoms with van der Waals surface area (Å²) in [4.78, 5) is 2.69. The van der Waals surface area contributed by atoms with Crippen LogP contribution in [0.2, 0.25) is 0 Å². The first kappa shape index (κ1) is 9.47. The molecule has 0 aromatic carbocycles. The van der Waals surface area contributed by atoms with E-state index in [1.807, 2.05) is 0 Å². The van der Waals surface area contributed by atoms with Gasteiger partial charge in [-0.1, -0.05) is 6.92 Å². The van der Waals surface area contributed by atoms with E-state index in [0.29, 0.717) is 6.04 Å². The quantitative estimate of drug-likeness (QED) is 0.667. The fraction of sp³-hybridized carbons (Fsp3) is 1.00. The third-order valence-corrected chi connectivity index (χ3v) is 3.75. The average Bonchev–Trinajstić information content (AvgIpc) is 2.58. The number of hydrogen-bond donors (Lipinski definition) is 1. The summed E-state index contributed by atoms with van der Waals surface area (Å²) in [5.41, 5.74) is 5.95. The van der Waals surface area contributed by atoms with Crippen LogP contribution >= 0.6 is 0 Å². The molecule has 2 fully saturated rings. The summed E-state index contributed by atoms with van der Waals surface area (Å²) in [5.74, 6) is 0.895. The molecule has 2 heteroatoms. The standard InChI is InChI=1S/C11H22N2/c1-8-5-9(2)13(7-8)11-4-3-10(12)6-11/h8-11H,3-7,12H2,1-2H3. The Morgan fingerprint density at radius 1 is 1.15 bits per heavy atom. The van der Waals surface area contributed by atoms with Crippen LogP contribution in [0.4, 0.5) is 0 Å². The van der Waals surface area contributed by atoms with Crippen LogP contribution in [-0.2, 0) is 0 Å². The molecule has 0 bridgehead atoms. The van der Waals surface area contributed by atoms with Crippen molar-refractivity contribution in [3.8, 4) is 0 Å². The molecule has 1 aliphatic heterocycles. The molecule has 1 saturated heterocycles. The van der Waals surface area contributed by atoms with Gasteiger partial charge in [-0.2, -0.15) is 0 Å². The minimum Gasteiger partial charge on any atom is -0.328 e. The zero-order valence-electron chi connectivity index (χ0n) is 8.87. The van der Waals surface area contributed by atoms with E-state index in [1.165, 1.54) is 32.2 Å². The zero-order chi connectivity index (χ0) is 9.42. The SMILES string of the molecule is CC1CC(C)N(C2CCC(N)C2)C1. The van der Waals surface area contributed by atoms with Crippen LogP contribution in [0.25, 0.3) is 0 Å². The lowest BCUT2D eigenvalue weighted by Gasteiger charge is -2.28. The third-order valence-electron chi connectivity index (χ3n) is 3.75. The summed E-state index contributed by atoms with van der Waals surface area (Å²) in [5, 5.41) is 0. The topological polar surface area (TPSA) is 29.3 Å². The van der Waals surface area contributed by atoms with E-state index in [9.17, 15) is 0 Å². The second kappa shape index (κ2) is 3.58. The lowest BCUT2D eigenvalue weighted by Crippen LogP contribution is -2.37. The fourth-order valence-electron chi connectivity index (χ4n) is 3.13. The maximum Gasteiger partial charge on any atom is 0.0113 e. The predicted molar refractivity (Wildman–Crippen MR) is 55.6 cm³/mol. The number of hydrogen-bond acceptors (Lipinski definition) is 2. The van der Waals surface area contributed by atoms with Crippen LogP contribution in [-0.4, -0.2) is 29.6 Å². The van der Waals surface area contributed by atoms with Crippen LogP contribution in [0.15, 0.2) is 0 Å². The highest BCUT2D eigenvalue weighted by molar-refractivity contribution is 4.91. The Morgan fingerprint density at radius 3 is 2.38 bits per heavy atom. The van der Waals surface area contributed by atoms with Gasteiger partial charge in [0.1, 0.15) is 0 Å². The average molecular weight is 182 g/mol. The molecule has 2 rings (SSSR count). The van der Waals surface area contributed by atoms with Gasteiger partial charge in [-0.3, -0.25) is 4.90 Å². The summed E-state index contributed by atoms with van der Waals surface area (Å²) in [6, 6.07) is 2.08. The number of nitrogens with two attached hydrogens (primary N) is 1. The second-order valence-electron chi connectivity index (χ2n) is 5.11. The molecule has 2 aliphatic rings. The molecule has 1 saturated carbocycles. The van der Waals surface area contributed by atoms with E-state index >= 15 is 0 Å². The van der Waals surface area contributed by atoms with Crippen molar-refractivity contribution < 1.29 is 0 Å². The molecular formula is C11H22N2. The molecule has 2 N–H and O–H groups in total. The Kier molecular flexibility index (Phi) is 2.61. The number of likely N-dealkylation sites (tertiary alicyclic amines) is 1. The van der Waals surface area contributed by atoms with Crippen LogP contribution in [0.5, 0.6) is 0 Å². The van der Waals surface area contributed by atoms with E-state index in [1.54, 1.807) is 0 Å². The van der Waals surface area contributed by atoms with E-state index in [2.05, 4.69) is 18.7 Å². The van der Waals surface area contributed by atoms with E-state index in [0.717, 1.165) is 18.0 Å². The highest BCUT2D eigenvalue weighted by Gasteiger charge is 2.34. The van der Waals surface area contributed by atoms with Crippen molar-refractivity contribution in [1.82, 2.24) is 4.90 Å². The largest absolute Gasteiger partial charge is 0.328 e. The van der Waals surface area contributed by atoms with Crippen molar-refractivity contribution in [2.75, 3.05) is 6.54 Å². The van der Waals surface area contributed by atoms with Crippen LogP contribution in [0.3, 0.4) is 0 Å². The lowest BCUT2D eigenvalue weighted by atomic mass is 10.1. The van der Waals surface area contributed by atoms with Crippen molar-refractivity contribution in [1.29, 1.82) is 0 Å². The molecule has 13 heavy (non-hydrogen) atoms. The van der Waals surface area contributed by atoms with Crippen molar-refractivity contribution in [3.63, 3.8) is 0 Å². The Hall–Kier alpha value is -0.0800. The predicted octanol–water partition coefficient (Wildman–Crippen LogP) is 1.60. The molecule has 1 heterocycles. The summed E-state index contributed by atoms with van der Waals surface area (Å²) in [6.07, 6.45) is 5.18. The van der Waals surface area contributed by atoms with Gasteiger partial charge in [0.15, 0.2) is 0 Å². The fourth-order valence-corrected chi connectivity index (χ4v) is 3.13. The Bertz CT molecular complexity index is 181. The van der Waals surface area contributed by atoms with Gasteiger partial charge in [0.05, 0.1) is 0 Å². The molecule has 2 nitrogen and oxygen atoms in total. The normalized spacial score (nSPS) is 47.3. The van der Waals surface area contributed by atoms with Gasteiger partial charge in [0.25, 0.3) is 0 Å². The third kappa shape index (κ3) is 1.89.